The summed E-state index contributed by atoms with van der Waals surface area (Å²) in [6.07, 6.45) is 11.5. The summed E-state index contributed by atoms with van der Waals surface area (Å²) in [5, 5.41) is 1.29. The van der Waals surface area contributed by atoms with Crippen LogP contribution in [0.5, 0.6) is 0 Å². The first-order valence-corrected chi connectivity index (χ1v) is 5.93. The van der Waals surface area contributed by atoms with Gasteiger partial charge in [-0.25, -0.2) is 0 Å². The smallest absolute Gasteiger partial charge is 0.118 e. The van der Waals surface area contributed by atoms with Crippen molar-refractivity contribution in [3.63, 3.8) is 0 Å². The van der Waals surface area contributed by atoms with Gasteiger partial charge in [-0.1, -0.05) is 58.3 Å². The fraction of sp³-hybridized carbons (Fsp3) is 1.00. The third-order valence-electron chi connectivity index (χ3n) is 2.06. The highest BCUT2D eigenvalue weighted by atomic mass is 27.0. The normalized spacial score (nSPS) is 8.69. The topological polar surface area (TPSA) is 0 Å². The Labute approximate surface area is 89.6 Å². The molecule has 0 spiro atoms. The van der Waals surface area contributed by atoms with Crippen LogP contribution in [0.25, 0.3) is 0 Å². The van der Waals surface area contributed by atoms with Gasteiger partial charge >= 0.3 is 0 Å². The van der Waals surface area contributed by atoms with Gasteiger partial charge in [0.2, 0.25) is 0 Å². The van der Waals surface area contributed by atoms with E-state index in [9.17, 15) is 0 Å². The standard InChI is InChI=1S/C10H21.Al.2FH/c1-3-5-7-9-10-8-6-4-2;;;/h1,3-10H2,2H3;;2*1H. The fourth-order valence-electron chi connectivity index (χ4n) is 1.28. The minimum atomic E-state index is 0. The van der Waals surface area contributed by atoms with Crippen molar-refractivity contribution in [3.05, 3.63) is 0 Å². The van der Waals surface area contributed by atoms with Crippen molar-refractivity contribution >= 4 is 16.3 Å². The first kappa shape index (κ1) is 19.0. The first-order chi connectivity index (χ1) is 5.41. The second-order valence-corrected chi connectivity index (χ2v) is 3.84. The molecule has 0 unspecified atom stereocenters. The van der Waals surface area contributed by atoms with Gasteiger partial charge in [-0.3, -0.25) is 9.41 Å². The van der Waals surface area contributed by atoms with Crippen LogP contribution in [-0.2, 0) is 0 Å². The predicted molar refractivity (Wildman–Crippen MR) is 58.2 cm³/mol. The zero-order valence-electron chi connectivity index (χ0n) is 8.76. The molecule has 0 aromatic heterocycles. The Kier molecular flexibility index (Phi) is 26.7. The van der Waals surface area contributed by atoms with E-state index < -0.39 is 0 Å². The molecule has 0 N–H and O–H groups in total. The average molecular weight is 208 g/mol. The molecule has 0 aliphatic heterocycles. The SMILES string of the molecule is CCCCCCCCC[CH2][Al].F.F. The molecule has 0 aliphatic rings. The highest BCUT2D eigenvalue weighted by Crippen LogP contribution is 2.08. The Bertz CT molecular complexity index is 61.9. The molecule has 0 aromatic carbocycles. The molecule has 0 aromatic rings. The third-order valence-corrected chi connectivity index (χ3v) is 2.47. The van der Waals surface area contributed by atoms with E-state index >= 15 is 0 Å². The van der Waals surface area contributed by atoms with Gasteiger partial charge in [0, 0.05) is 0 Å². The second kappa shape index (κ2) is 18.2. The van der Waals surface area contributed by atoms with Gasteiger partial charge in [-0.05, 0) is 0 Å². The first-order valence-electron chi connectivity index (χ1n) is 5.12. The summed E-state index contributed by atoms with van der Waals surface area (Å²) in [4.78, 5) is 0. The quantitative estimate of drug-likeness (QED) is 0.417. The molecule has 2 radical (unpaired) electrons. The molecule has 80 valence electrons. The molecule has 0 nitrogen and oxygen atoms in total. The summed E-state index contributed by atoms with van der Waals surface area (Å²) >= 11 is 2.79. The van der Waals surface area contributed by atoms with Gasteiger partial charge in [-0.15, -0.1) is 5.28 Å². The van der Waals surface area contributed by atoms with Crippen LogP contribution < -0.4 is 0 Å². The summed E-state index contributed by atoms with van der Waals surface area (Å²) in [7, 11) is 0. The average Bonchev–Trinajstić information content (AvgIpc) is 2.03. The van der Waals surface area contributed by atoms with Gasteiger partial charge in [0.25, 0.3) is 0 Å². The molecule has 0 rings (SSSR count). The molecule has 0 amide bonds. The number of unbranched alkanes of at least 4 members (excludes halogenated alkanes) is 7. The molecular formula is C10H23AlF2. The monoisotopic (exact) mass is 208 g/mol. The van der Waals surface area contributed by atoms with Crippen LogP contribution in [0.3, 0.4) is 0 Å². The van der Waals surface area contributed by atoms with Gasteiger partial charge in [0.15, 0.2) is 0 Å². The van der Waals surface area contributed by atoms with E-state index in [0.717, 1.165) is 0 Å². The highest BCUT2D eigenvalue weighted by molar-refractivity contribution is 6.08. The third kappa shape index (κ3) is 19.0. The minimum absolute atomic E-state index is 0. The van der Waals surface area contributed by atoms with Crippen LogP contribution in [0.1, 0.15) is 58.3 Å². The van der Waals surface area contributed by atoms with Crippen molar-refractivity contribution in [1.29, 1.82) is 0 Å². The van der Waals surface area contributed by atoms with Crippen molar-refractivity contribution in [2.75, 3.05) is 0 Å². The zero-order valence-corrected chi connectivity index (χ0v) is 9.91. The zero-order chi connectivity index (χ0) is 8.36. The van der Waals surface area contributed by atoms with E-state index in [1.165, 1.54) is 56.6 Å². The van der Waals surface area contributed by atoms with Gasteiger partial charge < -0.3 is 0 Å². The maximum atomic E-state index is 2.79. The van der Waals surface area contributed by atoms with Crippen LogP contribution >= 0.6 is 0 Å². The lowest BCUT2D eigenvalue weighted by molar-refractivity contribution is 0.585. The molecule has 0 saturated carbocycles. The maximum absolute atomic E-state index is 2.79. The van der Waals surface area contributed by atoms with Crippen molar-refractivity contribution in [1.82, 2.24) is 0 Å². The summed E-state index contributed by atoms with van der Waals surface area (Å²) in [6.45, 7) is 2.27. The second-order valence-electron chi connectivity index (χ2n) is 3.26. The minimum Gasteiger partial charge on any atom is -0.269 e. The molecule has 3 heteroatoms. The van der Waals surface area contributed by atoms with Crippen molar-refractivity contribution < 1.29 is 9.41 Å². The Hall–Kier alpha value is 0.392. The van der Waals surface area contributed by atoms with Crippen LogP contribution in [0, 0.1) is 0 Å². The van der Waals surface area contributed by atoms with Gasteiger partial charge in [0.1, 0.15) is 16.3 Å². The molecule has 0 atom stereocenters. The Morgan fingerprint density at radius 1 is 0.692 bits per heavy atom. The van der Waals surface area contributed by atoms with Crippen LogP contribution in [0.15, 0.2) is 0 Å². The molecule has 13 heavy (non-hydrogen) atoms. The molecule has 0 aliphatic carbocycles. The van der Waals surface area contributed by atoms with Crippen LogP contribution in [0.2, 0.25) is 5.28 Å². The summed E-state index contributed by atoms with van der Waals surface area (Å²) in [5.41, 5.74) is 0. The summed E-state index contributed by atoms with van der Waals surface area (Å²) < 4.78 is 0. The van der Waals surface area contributed by atoms with E-state index in [4.69, 9.17) is 0 Å². The molecule has 0 bridgehead atoms. The van der Waals surface area contributed by atoms with Crippen molar-refractivity contribution in [2.45, 2.75) is 63.6 Å². The summed E-state index contributed by atoms with van der Waals surface area (Å²) in [6, 6.07) is 0. The van der Waals surface area contributed by atoms with Crippen LogP contribution in [0.4, 0.5) is 9.41 Å². The number of halogens is 2. The Morgan fingerprint density at radius 3 is 1.46 bits per heavy atom. The Balaban J connectivity index is -0.000000500. The van der Waals surface area contributed by atoms with Gasteiger partial charge in [0.05, 0.1) is 0 Å². The lowest BCUT2D eigenvalue weighted by Crippen LogP contribution is -1.79. The lowest BCUT2D eigenvalue weighted by atomic mass is 10.1. The number of hydrogen-bond donors (Lipinski definition) is 0. The predicted octanol–water partition coefficient (Wildman–Crippen LogP) is 4.02. The van der Waals surface area contributed by atoms with E-state index in [1.807, 2.05) is 0 Å². The number of hydrogen-bond acceptors (Lipinski definition) is 0. The molecular weight excluding hydrogens is 185 g/mol. The van der Waals surface area contributed by atoms with Crippen molar-refractivity contribution in [3.8, 4) is 0 Å². The molecule has 0 saturated heterocycles. The maximum Gasteiger partial charge on any atom is 0.118 e. The van der Waals surface area contributed by atoms with E-state index in [-0.39, 0.29) is 9.41 Å². The molecule has 0 fully saturated rings. The van der Waals surface area contributed by atoms with Crippen molar-refractivity contribution in [2.24, 2.45) is 0 Å². The van der Waals surface area contributed by atoms with E-state index in [2.05, 4.69) is 23.2 Å². The summed E-state index contributed by atoms with van der Waals surface area (Å²) in [5.74, 6) is 0. The van der Waals surface area contributed by atoms with E-state index in [0.29, 0.717) is 0 Å². The Morgan fingerprint density at radius 2 is 1.08 bits per heavy atom. The fourth-order valence-corrected chi connectivity index (χ4v) is 1.57. The number of rotatable bonds is 8. The van der Waals surface area contributed by atoms with E-state index in [1.54, 1.807) is 0 Å². The molecule has 0 heterocycles. The highest BCUT2D eigenvalue weighted by Gasteiger charge is 1.88. The van der Waals surface area contributed by atoms with Crippen LogP contribution in [-0.4, -0.2) is 16.3 Å². The van der Waals surface area contributed by atoms with Gasteiger partial charge in [-0.2, -0.15) is 0 Å². The lowest BCUT2D eigenvalue weighted by Gasteiger charge is -1.99. The largest absolute Gasteiger partial charge is 0.269 e.